The first-order valence-electron chi connectivity index (χ1n) is 3.63. The van der Waals surface area contributed by atoms with Gasteiger partial charge in [-0.3, -0.25) is 4.79 Å². The lowest BCUT2D eigenvalue weighted by Crippen LogP contribution is -2.18. The molecule has 1 rings (SSSR count). The van der Waals surface area contributed by atoms with Crippen molar-refractivity contribution in [3.8, 4) is 0 Å². The highest BCUT2D eigenvalue weighted by Crippen LogP contribution is 2.22. The average molecular weight is 181 g/mol. The molecular formula is C9H11NOS. The van der Waals surface area contributed by atoms with Crippen molar-refractivity contribution in [2.24, 2.45) is 0 Å². The lowest BCUT2D eigenvalue weighted by atomic mass is 10.1. The smallest absolute Gasteiger partial charge is 0.252 e. The normalized spacial score (nSPS) is 9.50. The van der Waals surface area contributed by atoms with E-state index >= 15 is 0 Å². The van der Waals surface area contributed by atoms with Gasteiger partial charge in [0.2, 0.25) is 0 Å². The van der Waals surface area contributed by atoms with Gasteiger partial charge in [-0.05, 0) is 17.9 Å². The second-order valence-electron chi connectivity index (χ2n) is 2.44. The molecule has 1 aromatic rings. The fraction of sp³-hybridized carbons (Fsp3) is 0.222. The summed E-state index contributed by atoms with van der Waals surface area (Å²) in [5, 5.41) is 4.56. The van der Waals surface area contributed by atoms with Crippen LogP contribution in [0.5, 0.6) is 0 Å². The minimum atomic E-state index is -0.0383. The largest absolute Gasteiger partial charge is 0.355 e. The minimum Gasteiger partial charge on any atom is -0.355 e. The Morgan fingerprint density at radius 1 is 1.75 bits per heavy atom. The number of amides is 1. The summed E-state index contributed by atoms with van der Waals surface area (Å²) in [6, 6.07) is 0. The Kier molecular flexibility index (Phi) is 2.65. The zero-order valence-electron chi connectivity index (χ0n) is 7.18. The van der Waals surface area contributed by atoms with Crippen molar-refractivity contribution < 1.29 is 4.79 Å². The first-order valence-corrected chi connectivity index (χ1v) is 4.51. The van der Waals surface area contributed by atoms with Gasteiger partial charge in [0.25, 0.3) is 5.91 Å². The van der Waals surface area contributed by atoms with Crippen LogP contribution < -0.4 is 5.32 Å². The van der Waals surface area contributed by atoms with E-state index in [4.69, 9.17) is 0 Å². The standard InChI is InChI=1S/C9H11NOS/c1-4-7-8(9(11)10-3)6(2)5-12-7/h4-5H,1H2,2-3H3,(H,10,11). The molecule has 0 atom stereocenters. The van der Waals surface area contributed by atoms with Gasteiger partial charge in [0.1, 0.15) is 0 Å². The first-order chi connectivity index (χ1) is 5.70. The Labute approximate surface area is 75.9 Å². The molecule has 0 aliphatic carbocycles. The van der Waals surface area contributed by atoms with Crippen LogP contribution in [0.4, 0.5) is 0 Å². The molecule has 0 spiro atoms. The summed E-state index contributed by atoms with van der Waals surface area (Å²) in [5.74, 6) is -0.0383. The molecule has 2 nitrogen and oxygen atoms in total. The summed E-state index contributed by atoms with van der Waals surface area (Å²) in [6.45, 7) is 5.58. The van der Waals surface area contributed by atoms with Crippen LogP contribution in [0.25, 0.3) is 6.08 Å². The molecule has 0 bridgehead atoms. The summed E-state index contributed by atoms with van der Waals surface area (Å²) in [7, 11) is 1.63. The summed E-state index contributed by atoms with van der Waals surface area (Å²) in [6.07, 6.45) is 1.71. The van der Waals surface area contributed by atoms with Gasteiger partial charge in [0.05, 0.1) is 5.56 Å². The van der Waals surface area contributed by atoms with Crippen LogP contribution in [0, 0.1) is 6.92 Å². The van der Waals surface area contributed by atoms with E-state index in [1.54, 1.807) is 24.5 Å². The molecule has 1 amide bonds. The third kappa shape index (κ3) is 1.41. The van der Waals surface area contributed by atoms with Gasteiger partial charge in [0, 0.05) is 11.9 Å². The Balaban J connectivity index is 3.18. The Morgan fingerprint density at radius 2 is 2.42 bits per heavy atom. The zero-order chi connectivity index (χ0) is 9.14. The lowest BCUT2D eigenvalue weighted by Gasteiger charge is -1.99. The molecule has 0 aliphatic heterocycles. The first kappa shape index (κ1) is 9.00. The average Bonchev–Trinajstić information content (AvgIpc) is 2.45. The van der Waals surface area contributed by atoms with Gasteiger partial charge < -0.3 is 5.32 Å². The van der Waals surface area contributed by atoms with Crippen LogP contribution in [0.3, 0.4) is 0 Å². The summed E-state index contributed by atoms with van der Waals surface area (Å²) >= 11 is 1.54. The van der Waals surface area contributed by atoms with Gasteiger partial charge in [-0.25, -0.2) is 0 Å². The summed E-state index contributed by atoms with van der Waals surface area (Å²) < 4.78 is 0. The highest BCUT2D eigenvalue weighted by atomic mass is 32.1. The maximum Gasteiger partial charge on any atom is 0.252 e. The monoisotopic (exact) mass is 181 g/mol. The molecule has 1 N–H and O–H groups in total. The minimum absolute atomic E-state index is 0.0383. The third-order valence-electron chi connectivity index (χ3n) is 1.64. The Bertz CT molecular complexity index is 314. The SMILES string of the molecule is C=Cc1scc(C)c1C(=O)NC. The number of rotatable bonds is 2. The number of hydrogen-bond acceptors (Lipinski definition) is 2. The fourth-order valence-corrected chi connectivity index (χ4v) is 1.92. The summed E-state index contributed by atoms with van der Waals surface area (Å²) in [5.41, 5.74) is 1.76. The van der Waals surface area contributed by atoms with Crippen molar-refractivity contribution in [3.05, 3.63) is 28.0 Å². The molecule has 3 heteroatoms. The van der Waals surface area contributed by atoms with Crippen LogP contribution in [-0.2, 0) is 0 Å². The van der Waals surface area contributed by atoms with E-state index in [1.807, 2.05) is 12.3 Å². The number of hydrogen-bond donors (Lipinski definition) is 1. The van der Waals surface area contributed by atoms with Crippen LogP contribution in [0.1, 0.15) is 20.8 Å². The van der Waals surface area contributed by atoms with E-state index in [-0.39, 0.29) is 5.91 Å². The second-order valence-corrected chi connectivity index (χ2v) is 3.35. The van der Waals surface area contributed by atoms with Gasteiger partial charge >= 0.3 is 0 Å². The van der Waals surface area contributed by atoms with Crippen LogP contribution >= 0.6 is 11.3 Å². The molecular weight excluding hydrogens is 170 g/mol. The third-order valence-corrected chi connectivity index (χ3v) is 2.74. The number of carbonyl (C=O) groups excluding carboxylic acids is 1. The molecule has 0 saturated heterocycles. The van der Waals surface area contributed by atoms with Gasteiger partial charge in [-0.15, -0.1) is 11.3 Å². The molecule has 12 heavy (non-hydrogen) atoms. The van der Waals surface area contributed by atoms with Crippen LogP contribution in [0.15, 0.2) is 12.0 Å². The number of aryl methyl sites for hydroxylation is 1. The van der Waals surface area contributed by atoms with E-state index in [9.17, 15) is 4.79 Å². The summed E-state index contributed by atoms with van der Waals surface area (Å²) in [4.78, 5) is 12.3. The fourth-order valence-electron chi connectivity index (χ4n) is 1.03. The zero-order valence-corrected chi connectivity index (χ0v) is 7.99. The molecule has 1 heterocycles. The topological polar surface area (TPSA) is 29.1 Å². The molecule has 0 aromatic carbocycles. The number of nitrogens with one attached hydrogen (secondary N) is 1. The van der Waals surface area contributed by atoms with Crippen LogP contribution in [-0.4, -0.2) is 13.0 Å². The Morgan fingerprint density at radius 3 is 2.92 bits per heavy atom. The molecule has 0 aliphatic rings. The maximum atomic E-state index is 11.3. The van der Waals surface area contributed by atoms with E-state index in [2.05, 4.69) is 11.9 Å². The van der Waals surface area contributed by atoms with E-state index in [0.29, 0.717) is 0 Å². The molecule has 0 fully saturated rings. The predicted octanol–water partition coefficient (Wildman–Crippen LogP) is 2.06. The highest BCUT2D eigenvalue weighted by Gasteiger charge is 2.12. The predicted molar refractivity (Wildman–Crippen MR) is 52.5 cm³/mol. The second kappa shape index (κ2) is 3.54. The van der Waals surface area contributed by atoms with Crippen molar-refractivity contribution in [2.75, 3.05) is 7.05 Å². The number of thiophene rings is 1. The van der Waals surface area contributed by atoms with Crippen molar-refractivity contribution in [2.45, 2.75) is 6.92 Å². The highest BCUT2D eigenvalue weighted by molar-refractivity contribution is 7.11. The lowest BCUT2D eigenvalue weighted by molar-refractivity contribution is 0.0963. The van der Waals surface area contributed by atoms with E-state index < -0.39 is 0 Å². The van der Waals surface area contributed by atoms with Gasteiger partial charge in [0.15, 0.2) is 0 Å². The number of carbonyl (C=O) groups is 1. The molecule has 0 saturated carbocycles. The maximum absolute atomic E-state index is 11.3. The van der Waals surface area contributed by atoms with Gasteiger partial charge in [-0.2, -0.15) is 0 Å². The van der Waals surface area contributed by atoms with E-state index in [1.165, 1.54) is 0 Å². The van der Waals surface area contributed by atoms with E-state index in [0.717, 1.165) is 16.0 Å². The van der Waals surface area contributed by atoms with Crippen molar-refractivity contribution in [1.29, 1.82) is 0 Å². The molecule has 64 valence electrons. The van der Waals surface area contributed by atoms with Crippen LogP contribution in [0.2, 0.25) is 0 Å². The molecule has 0 unspecified atom stereocenters. The molecule has 1 aromatic heterocycles. The van der Waals surface area contributed by atoms with Crippen molar-refractivity contribution in [3.63, 3.8) is 0 Å². The van der Waals surface area contributed by atoms with Crippen molar-refractivity contribution in [1.82, 2.24) is 5.32 Å². The van der Waals surface area contributed by atoms with Gasteiger partial charge in [-0.1, -0.05) is 12.7 Å². The quantitative estimate of drug-likeness (QED) is 0.743. The molecule has 0 radical (unpaired) electrons. The van der Waals surface area contributed by atoms with Crippen molar-refractivity contribution >= 4 is 23.3 Å². The Hall–Kier alpha value is -1.09.